The Morgan fingerprint density at radius 1 is 1.21 bits per heavy atom. The van der Waals surface area contributed by atoms with Crippen LogP contribution in [0.5, 0.6) is 0 Å². The van der Waals surface area contributed by atoms with E-state index >= 15 is 0 Å². The van der Waals surface area contributed by atoms with Gasteiger partial charge in [0.05, 0.1) is 5.52 Å². The van der Waals surface area contributed by atoms with Crippen molar-refractivity contribution < 1.29 is 9.21 Å². The summed E-state index contributed by atoms with van der Waals surface area (Å²) in [5.74, 6) is 0.712. The molecule has 0 radical (unpaired) electrons. The van der Waals surface area contributed by atoms with Gasteiger partial charge < -0.3 is 14.3 Å². The second kappa shape index (κ2) is 7.73. The molecule has 2 N–H and O–H groups in total. The van der Waals surface area contributed by atoms with Crippen LogP contribution in [0, 0.1) is 0 Å². The molecule has 1 amide bonds. The van der Waals surface area contributed by atoms with Gasteiger partial charge in [-0.25, -0.2) is 4.79 Å². The van der Waals surface area contributed by atoms with Gasteiger partial charge in [0, 0.05) is 30.5 Å². The van der Waals surface area contributed by atoms with Crippen molar-refractivity contribution >= 4 is 34.5 Å². The molecule has 0 spiro atoms. The van der Waals surface area contributed by atoms with Crippen molar-refractivity contribution in [3.8, 4) is 11.4 Å². The fourth-order valence-electron chi connectivity index (χ4n) is 2.77. The Hall–Kier alpha value is -3.33. The summed E-state index contributed by atoms with van der Waals surface area (Å²) in [7, 11) is 1.91. The lowest BCUT2D eigenvalue weighted by Gasteiger charge is -2.06. The number of rotatable bonds is 6. The topological polar surface area (TPSA) is 106 Å². The van der Waals surface area contributed by atoms with Crippen LogP contribution in [0.1, 0.15) is 6.42 Å². The number of aromatic nitrogens is 4. The molecule has 8 nitrogen and oxygen atoms in total. The maximum atomic E-state index is 12.2. The molecule has 2 heterocycles. The number of nitrogens with one attached hydrogen (secondary N) is 2. The van der Waals surface area contributed by atoms with E-state index in [2.05, 4.69) is 20.5 Å². The lowest BCUT2D eigenvalue weighted by atomic mass is 10.2. The minimum Gasteiger partial charge on any atom is -0.408 e. The zero-order valence-electron chi connectivity index (χ0n) is 15.0. The van der Waals surface area contributed by atoms with Gasteiger partial charge in [-0.1, -0.05) is 42.1 Å². The normalized spacial score (nSPS) is 11.0. The Morgan fingerprint density at radius 3 is 2.86 bits per heavy atom. The first kappa shape index (κ1) is 18.1. The van der Waals surface area contributed by atoms with Crippen molar-refractivity contribution in [1.29, 1.82) is 0 Å². The van der Waals surface area contributed by atoms with E-state index in [0.717, 1.165) is 16.5 Å². The molecule has 2 aromatic carbocycles. The fourth-order valence-corrected chi connectivity index (χ4v) is 3.62. The maximum Gasteiger partial charge on any atom is 0.417 e. The SMILES string of the molecule is Cn1c(SCCC(=O)Nc2ccc3oc(=O)[nH]c3c2)nnc1-c1ccccc1. The Kier molecular flexibility index (Phi) is 4.98. The van der Waals surface area contributed by atoms with Crippen molar-refractivity contribution in [3.63, 3.8) is 0 Å². The summed E-state index contributed by atoms with van der Waals surface area (Å²) in [6, 6.07) is 14.8. The zero-order valence-corrected chi connectivity index (χ0v) is 15.8. The van der Waals surface area contributed by atoms with Crippen LogP contribution < -0.4 is 11.1 Å². The van der Waals surface area contributed by atoms with E-state index in [1.54, 1.807) is 18.2 Å². The summed E-state index contributed by atoms with van der Waals surface area (Å²) in [6.45, 7) is 0. The monoisotopic (exact) mass is 395 g/mol. The number of aromatic amines is 1. The molecule has 0 fully saturated rings. The molecular weight excluding hydrogens is 378 g/mol. The standard InChI is InChI=1S/C19H17N5O3S/c1-24-17(12-5-3-2-4-6-12)22-23-18(24)28-10-9-16(25)20-13-7-8-15-14(11-13)21-19(26)27-15/h2-8,11H,9-10H2,1H3,(H,20,25)(H,21,26). The minimum absolute atomic E-state index is 0.122. The van der Waals surface area contributed by atoms with Gasteiger partial charge in [0.2, 0.25) is 5.91 Å². The van der Waals surface area contributed by atoms with Crippen molar-refractivity contribution in [1.82, 2.24) is 19.7 Å². The molecule has 0 bridgehead atoms. The lowest BCUT2D eigenvalue weighted by Crippen LogP contribution is -2.12. The van der Waals surface area contributed by atoms with E-state index in [-0.39, 0.29) is 5.91 Å². The van der Waals surface area contributed by atoms with E-state index in [1.807, 2.05) is 41.9 Å². The first-order valence-corrected chi connectivity index (χ1v) is 9.59. The molecule has 28 heavy (non-hydrogen) atoms. The van der Waals surface area contributed by atoms with Crippen LogP contribution in [0.25, 0.3) is 22.5 Å². The summed E-state index contributed by atoms with van der Waals surface area (Å²) in [4.78, 5) is 25.9. The van der Waals surface area contributed by atoms with Gasteiger partial charge in [-0.05, 0) is 18.2 Å². The third kappa shape index (κ3) is 3.84. The largest absolute Gasteiger partial charge is 0.417 e. The Labute approximate surface area is 164 Å². The Morgan fingerprint density at radius 2 is 2.04 bits per heavy atom. The number of anilines is 1. The average molecular weight is 395 g/mol. The number of thioether (sulfide) groups is 1. The van der Waals surface area contributed by atoms with Crippen LogP contribution in [0.4, 0.5) is 5.69 Å². The van der Waals surface area contributed by atoms with Gasteiger partial charge in [-0.3, -0.25) is 9.78 Å². The first-order valence-electron chi connectivity index (χ1n) is 8.60. The molecule has 0 saturated carbocycles. The fraction of sp³-hybridized carbons (Fsp3) is 0.158. The van der Waals surface area contributed by atoms with E-state index < -0.39 is 5.76 Å². The van der Waals surface area contributed by atoms with Crippen LogP contribution in [-0.4, -0.2) is 31.4 Å². The summed E-state index contributed by atoms with van der Waals surface area (Å²) < 4.78 is 6.86. The molecule has 4 aromatic rings. The summed E-state index contributed by atoms with van der Waals surface area (Å²) in [5, 5.41) is 12.0. The highest BCUT2D eigenvalue weighted by Gasteiger charge is 2.12. The quantitative estimate of drug-likeness (QED) is 0.486. The molecule has 0 aliphatic carbocycles. The Balaban J connectivity index is 1.34. The van der Waals surface area contributed by atoms with Crippen LogP contribution in [0.3, 0.4) is 0 Å². The molecule has 0 saturated heterocycles. The number of hydrogen-bond acceptors (Lipinski definition) is 6. The van der Waals surface area contributed by atoms with E-state index in [0.29, 0.717) is 29.0 Å². The van der Waals surface area contributed by atoms with Crippen molar-refractivity contribution in [2.45, 2.75) is 11.6 Å². The predicted octanol–water partition coefficient (Wildman–Crippen LogP) is 3.04. The van der Waals surface area contributed by atoms with E-state index in [9.17, 15) is 9.59 Å². The molecule has 0 unspecified atom stereocenters. The molecule has 0 atom stereocenters. The highest BCUT2D eigenvalue weighted by atomic mass is 32.2. The molecule has 2 aromatic heterocycles. The number of carbonyl (C=O) groups excluding carboxylic acids is 1. The lowest BCUT2D eigenvalue weighted by molar-refractivity contribution is -0.115. The third-order valence-electron chi connectivity index (χ3n) is 4.13. The van der Waals surface area contributed by atoms with Crippen molar-refractivity contribution in [3.05, 3.63) is 59.1 Å². The van der Waals surface area contributed by atoms with Gasteiger partial charge in [-0.15, -0.1) is 10.2 Å². The van der Waals surface area contributed by atoms with Crippen LogP contribution in [0.2, 0.25) is 0 Å². The number of H-pyrrole nitrogens is 1. The third-order valence-corrected chi connectivity index (χ3v) is 5.15. The molecule has 142 valence electrons. The smallest absolute Gasteiger partial charge is 0.408 e. The summed E-state index contributed by atoms with van der Waals surface area (Å²) in [5.41, 5.74) is 2.60. The molecule has 4 rings (SSSR count). The van der Waals surface area contributed by atoms with Gasteiger partial charge in [0.25, 0.3) is 0 Å². The number of carbonyl (C=O) groups is 1. The molecule has 0 aliphatic rings. The van der Waals surface area contributed by atoms with E-state index in [1.165, 1.54) is 11.8 Å². The van der Waals surface area contributed by atoms with Gasteiger partial charge in [0.15, 0.2) is 16.6 Å². The number of fused-ring (bicyclic) bond motifs is 1. The Bertz CT molecular complexity index is 1180. The maximum absolute atomic E-state index is 12.2. The molecule has 9 heteroatoms. The first-order chi connectivity index (χ1) is 13.6. The summed E-state index contributed by atoms with van der Waals surface area (Å²) >= 11 is 1.47. The second-order valence-electron chi connectivity index (χ2n) is 6.10. The molecule has 0 aliphatic heterocycles. The van der Waals surface area contributed by atoms with Gasteiger partial charge in [0.1, 0.15) is 0 Å². The highest BCUT2D eigenvalue weighted by molar-refractivity contribution is 7.99. The number of hydrogen-bond donors (Lipinski definition) is 2. The minimum atomic E-state index is -0.520. The predicted molar refractivity (Wildman–Crippen MR) is 107 cm³/mol. The number of nitrogens with zero attached hydrogens (tertiary/aromatic N) is 3. The second-order valence-corrected chi connectivity index (χ2v) is 7.17. The van der Waals surface area contributed by atoms with Gasteiger partial charge in [-0.2, -0.15) is 0 Å². The van der Waals surface area contributed by atoms with Crippen molar-refractivity contribution in [2.75, 3.05) is 11.1 Å². The summed E-state index contributed by atoms with van der Waals surface area (Å²) in [6.07, 6.45) is 0.318. The van der Waals surface area contributed by atoms with Crippen LogP contribution >= 0.6 is 11.8 Å². The number of amides is 1. The number of benzene rings is 2. The number of oxazole rings is 1. The zero-order chi connectivity index (χ0) is 19.5. The highest BCUT2D eigenvalue weighted by Crippen LogP contribution is 2.23. The van der Waals surface area contributed by atoms with Crippen molar-refractivity contribution in [2.24, 2.45) is 7.05 Å². The molecular formula is C19H17N5O3S. The van der Waals surface area contributed by atoms with Crippen LogP contribution in [0.15, 0.2) is 62.9 Å². The van der Waals surface area contributed by atoms with Gasteiger partial charge >= 0.3 is 5.76 Å². The average Bonchev–Trinajstić information content (AvgIpc) is 3.24. The van der Waals surface area contributed by atoms with Crippen LogP contribution in [-0.2, 0) is 11.8 Å². The van der Waals surface area contributed by atoms with E-state index in [4.69, 9.17) is 4.42 Å².